The van der Waals surface area contributed by atoms with Gasteiger partial charge in [0.05, 0.1) is 6.61 Å². The van der Waals surface area contributed by atoms with Gasteiger partial charge in [0.15, 0.2) is 0 Å². The molecule has 2 aliphatic heterocycles. The first-order valence-electron chi connectivity index (χ1n) is 11.3. The third-order valence-corrected chi connectivity index (χ3v) is 6.60. The number of rotatable bonds is 6. The molecule has 8 heteroatoms. The summed E-state index contributed by atoms with van der Waals surface area (Å²) in [7, 11) is 0. The highest BCUT2D eigenvalue weighted by atomic mass is 35.5. The monoisotopic (exact) mass is 483 g/mol. The number of hydrogen-bond acceptors (Lipinski definition) is 5. The molecule has 0 saturated carbocycles. The Morgan fingerprint density at radius 1 is 0.941 bits per heavy atom. The normalized spacial score (nSPS) is 16.6. The molecule has 2 amide bonds. The molecule has 1 saturated heterocycles. The van der Waals surface area contributed by atoms with E-state index in [0.29, 0.717) is 34.6 Å². The smallest absolute Gasteiger partial charge is 0.261 e. The number of nitrogens with zero attached hydrogens (tertiary/aromatic N) is 2. The summed E-state index contributed by atoms with van der Waals surface area (Å²) in [5.41, 5.74) is 7.75. The second-order valence-electron chi connectivity index (χ2n) is 8.64. The van der Waals surface area contributed by atoms with Crippen LogP contribution in [0.2, 0.25) is 0 Å². The molecule has 6 nitrogen and oxygen atoms in total. The second-order valence-corrected chi connectivity index (χ2v) is 8.64. The average Bonchev–Trinajstić information content (AvgIpc) is 2.83. The number of nitrogen functional groups attached to an aromatic ring is 1. The Labute approximate surface area is 203 Å². The van der Waals surface area contributed by atoms with Crippen LogP contribution in [0.1, 0.15) is 40.0 Å². The maximum atomic E-state index is 13.3. The van der Waals surface area contributed by atoms with Crippen molar-refractivity contribution in [3.8, 4) is 5.75 Å². The van der Waals surface area contributed by atoms with E-state index in [1.165, 1.54) is 17.0 Å². The molecule has 5 rings (SSSR count). The zero-order valence-corrected chi connectivity index (χ0v) is 19.5. The number of benzene rings is 3. The molecule has 0 aromatic heterocycles. The number of hydrogen-bond donors (Lipinski definition) is 1. The van der Waals surface area contributed by atoms with E-state index in [1.807, 2.05) is 12.1 Å². The first-order chi connectivity index (χ1) is 16.0. The summed E-state index contributed by atoms with van der Waals surface area (Å²) in [5, 5.41) is 1.42. The highest BCUT2D eigenvalue weighted by Gasteiger charge is 2.38. The Hall–Kier alpha value is -3.16. The topological polar surface area (TPSA) is 75.9 Å². The van der Waals surface area contributed by atoms with Crippen LogP contribution in [-0.4, -0.2) is 53.9 Å². The average molecular weight is 484 g/mol. The van der Waals surface area contributed by atoms with Crippen LogP contribution in [0, 0.1) is 5.82 Å². The van der Waals surface area contributed by atoms with E-state index in [2.05, 4.69) is 4.90 Å². The SMILES string of the molecule is Cl.Nc1ccc2c3c(cccc13)C(=O)N(C1CCN(CCCOc3ccc(F)cc3)CC1)C2=O. The molecule has 1 fully saturated rings. The number of carbonyl (C=O) groups is 2. The fourth-order valence-electron chi connectivity index (χ4n) is 4.88. The number of likely N-dealkylation sites (tertiary alicyclic amines) is 1. The van der Waals surface area contributed by atoms with E-state index in [4.69, 9.17) is 10.5 Å². The van der Waals surface area contributed by atoms with Gasteiger partial charge in [0, 0.05) is 53.3 Å². The first-order valence-corrected chi connectivity index (χ1v) is 11.3. The Morgan fingerprint density at radius 2 is 1.62 bits per heavy atom. The van der Waals surface area contributed by atoms with Crippen LogP contribution in [0.4, 0.5) is 10.1 Å². The third-order valence-electron chi connectivity index (χ3n) is 6.60. The maximum Gasteiger partial charge on any atom is 0.261 e. The number of piperidine rings is 1. The van der Waals surface area contributed by atoms with E-state index >= 15 is 0 Å². The molecule has 0 atom stereocenters. The number of ether oxygens (including phenoxy) is 1. The number of anilines is 1. The van der Waals surface area contributed by atoms with Crippen LogP contribution in [0.3, 0.4) is 0 Å². The molecule has 3 aromatic rings. The van der Waals surface area contributed by atoms with Gasteiger partial charge in [-0.05, 0) is 61.7 Å². The lowest BCUT2D eigenvalue weighted by Gasteiger charge is -2.39. The zero-order valence-electron chi connectivity index (χ0n) is 18.7. The molecule has 178 valence electrons. The summed E-state index contributed by atoms with van der Waals surface area (Å²) in [5.74, 6) is -0.0702. The quantitative estimate of drug-likeness (QED) is 0.317. The number of amides is 2. The standard InChI is InChI=1S/C26H26FN3O3.ClH/c27-17-5-7-19(8-6-17)33-16-2-13-29-14-11-18(12-15-29)30-25(31)21-4-1-3-20-23(28)10-9-22(24(20)21)26(30)32;/h1,3-10,18H,2,11-16,28H2;1H. The lowest BCUT2D eigenvalue weighted by atomic mass is 9.91. The molecule has 34 heavy (non-hydrogen) atoms. The van der Waals surface area contributed by atoms with Crippen LogP contribution in [0.15, 0.2) is 54.6 Å². The molecule has 3 aromatic carbocycles. The Morgan fingerprint density at radius 3 is 2.32 bits per heavy atom. The summed E-state index contributed by atoms with van der Waals surface area (Å²) < 4.78 is 18.6. The van der Waals surface area contributed by atoms with Gasteiger partial charge in [0.1, 0.15) is 11.6 Å². The summed E-state index contributed by atoms with van der Waals surface area (Å²) >= 11 is 0. The second kappa shape index (κ2) is 9.99. The molecule has 2 heterocycles. The Kier molecular flexibility index (Phi) is 7.05. The summed E-state index contributed by atoms with van der Waals surface area (Å²) in [6, 6.07) is 14.8. The van der Waals surface area contributed by atoms with Crippen molar-refractivity contribution in [2.45, 2.75) is 25.3 Å². The molecule has 0 unspecified atom stereocenters. The van der Waals surface area contributed by atoms with Crippen LogP contribution in [0.25, 0.3) is 10.8 Å². The number of imide groups is 1. The molecule has 0 bridgehead atoms. The summed E-state index contributed by atoms with van der Waals surface area (Å²) in [6.07, 6.45) is 2.34. The molecule has 0 aliphatic carbocycles. The van der Waals surface area contributed by atoms with Gasteiger partial charge in [0.2, 0.25) is 0 Å². The minimum absolute atomic E-state index is 0. The maximum absolute atomic E-state index is 13.3. The Balaban J connectivity index is 0.00000274. The largest absolute Gasteiger partial charge is 0.494 e. The van der Waals surface area contributed by atoms with Crippen LogP contribution in [-0.2, 0) is 0 Å². The van der Waals surface area contributed by atoms with E-state index < -0.39 is 0 Å². The lowest BCUT2D eigenvalue weighted by Crippen LogP contribution is -2.51. The van der Waals surface area contributed by atoms with Crippen molar-refractivity contribution >= 4 is 40.7 Å². The van der Waals surface area contributed by atoms with Crippen molar-refractivity contribution in [1.82, 2.24) is 9.80 Å². The number of nitrogens with two attached hydrogens (primary N) is 1. The molecule has 2 aliphatic rings. The predicted octanol–water partition coefficient (Wildman–Crippen LogP) is 4.51. The van der Waals surface area contributed by atoms with E-state index in [-0.39, 0.29) is 36.1 Å². The van der Waals surface area contributed by atoms with Crippen molar-refractivity contribution in [3.05, 3.63) is 71.5 Å². The Bertz CT molecular complexity index is 1190. The van der Waals surface area contributed by atoms with Gasteiger partial charge in [-0.1, -0.05) is 12.1 Å². The van der Waals surface area contributed by atoms with Gasteiger partial charge in [-0.15, -0.1) is 12.4 Å². The van der Waals surface area contributed by atoms with E-state index in [0.717, 1.165) is 44.3 Å². The van der Waals surface area contributed by atoms with Crippen molar-refractivity contribution < 1.29 is 18.7 Å². The molecular formula is C26H27ClFN3O3. The third kappa shape index (κ3) is 4.45. The molecule has 0 radical (unpaired) electrons. The summed E-state index contributed by atoms with van der Waals surface area (Å²) in [4.78, 5) is 30.4. The van der Waals surface area contributed by atoms with Gasteiger partial charge in [-0.2, -0.15) is 0 Å². The molecule has 2 N–H and O–H groups in total. The minimum atomic E-state index is -0.278. The fraction of sp³-hybridized carbons (Fsp3) is 0.308. The number of halogens is 2. The molecular weight excluding hydrogens is 457 g/mol. The zero-order chi connectivity index (χ0) is 22.9. The highest BCUT2D eigenvalue weighted by molar-refractivity contribution is 6.26. The van der Waals surface area contributed by atoms with Gasteiger partial charge in [0.25, 0.3) is 11.8 Å². The van der Waals surface area contributed by atoms with E-state index in [1.54, 1.807) is 30.3 Å². The minimum Gasteiger partial charge on any atom is -0.494 e. The predicted molar refractivity (Wildman–Crippen MR) is 132 cm³/mol. The fourth-order valence-corrected chi connectivity index (χ4v) is 4.88. The van der Waals surface area contributed by atoms with Crippen molar-refractivity contribution in [2.75, 3.05) is 32.0 Å². The van der Waals surface area contributed by atoms with Crippen molar-refractivity contribution in [1.29, 1.82) is 0 Å². The van der Waals surface area contributed by atoms with Gasteiger partial charge < -0.3 is 15.4 Å². The molecule has 0 spiro atoms. The first kappa shape index (κ1) is 24.0. The van der Waals surface area contributed by atoms with E-state index in [9.17, 15) is 14.0 Å². The van der Waals surface area contributed by atoms with Crippen LogP contribution >= 0.6 is 12.4 Å². The van der Waals surface area contributed by atoms with Gasteiger partial charge in [-0.25, -0.2) is 4.39 Å². The van der Waals surface area contributed by atoms with Crippen LogP contribution < -0.4 is 10.5 Å². The number of carbonyl (C=O) groups excluding carboxylic acids is 2. The van der Waals surface area contributed by atoms with Gasteiger partial charge in [-0.3, -0.25) is 14.5 Å². The summed E-state index contributed by atoms with van der Waals surface area (Å²) in [6.45, 7) is 3.06. The van der Waals surface area contributed by atoms with Crippen LogP contribution in [0.5, 0.6) is 5.75 Å². The highest BCUT2D eigenvalue weighted by Crippen LogP contribution is 2.35. The van der Waals surface area contributed by atoms with Crippen molar-refractivity contribution in [2.24, 2.45) is 0 Å². The van der Waals surface area contributed by atoms with Gasteiger partial charge >= 0.3 is 0 Å². The van der Waals surface area contributed by atoms with Crippen molar-refractivity contribution in [3.63, 3.8) is 0 Å². The lowest BCUT2D eigenvalue weighted by molar-refractivity contribution is 0.0455.